The quantitative estimate of drug-likeness (QED) is 0.805. The van der Waals surface area contributed by atoms with Gasteiger partial charge in [0.15, 0.2) is 0 Å². The van der Waals surface area contributed by atoms with Crippen molar-refractivity contribution in [1.29, 1.82) is 0 Å². The Morgan fingerprint density at radius 1 is 1.18 bits per heavy atom. The Hall–Kier alpha value is -2.50. The van der Waals surface area contributed by atoms with Gasteiger partial charge in [-0.25, -0.2) is 14.4 Å². The normalized spacial score (nSPS) is 10.3. The molecule has 1 amide bonds. The Morgan fingerprint density at radius 3 is 2.59 bits per heavy atom. The van der Waals surface area contributed by atoms with Crippen LogP contribution in [0, 0.1) is 19.7 Å². The highest BCUT2D eigenvalue weighted by Gasteiger charge is 2.04. The lowest BCUT2D eigenvalue weighted by Crippen LogP contribution is -2.14. The van der Waals surface area contributed by atoms with Crippen LogP contribution in [0.5, 0.6) is 0 Å². The smallest absolute Gasteiger partial charge is 0.224 e. The summed E-state index contributed by atoms with van der Waals surface area (Å²) in [5, 5.41) is 5.75. The van der Waals surface area contributed by atoms with Gasteiger partial charge in [0.1, 0.15) is 5.82 Å². The number of anilines is 2. The zero-order valence-electron chi connectivity index (χ0n) is 12.7. The minimum atomic E-state index is -0.369. The van der Waals surface area contributed by atoms with Gasteiger partial charge in [0, 0.05) is 30.0 Å². The van der Waals surface area contributed by atoms with Gasteiger partial charge in [-0.3, -0.25) is 4.79 Å². The van der Waals surface area contributed by atoms with Crippen molar-refractivity contribution in [3.63, 3.8) is 0 Å². The first-order valence-corrected chi connectivity index (χ1v) is 7.14. The van der Waals surface area contributed by atoms with E-state index in [-0.39, 0.29) is 11.7 Å². The maximum atomic E-state index is 13.0. The molecule has 0 aliphatic carbocycles. The molecule has 2 N–H and O–H groups in total. The highest BCUT2D eigenvalue weighted by Crippen LogP contribution is 2.10. The molecule has 1 heterocycles. The molecule has 2 rings (SSSR count). The molecule has 0 saturated carbocycles. The maximum absolute atomic E-state index is 13.0. The van der Waals surface area contributed by atoms with Gasteiger partial charge in [-0.2, -0.15) is 0 Å². The summed E-state index contributed by atoms with van der Waals surface area (Å²) < 4.78 is 13.0. The van der Waals surface area contributed by atoms with Crippen LogP contribution in [-0.2, 0) is 4.79 Å². The molecule has 0 bridgehead atoms. The van der Waals surface area contributed by atoms with Crippen LogP contribution in [0.15, 0.2) is 30.3 Å². The van der Waals surface area contributed by atoms with Gasteiger partial charge in [-0.05, 0) is 44.5 Å². The van der Waals surface area contributed by atoms with Crippen LogP contribution in [0.1, 0.15) is 24.2 Å². The fourth-order valence-electron chi connectivity index (χ4n) is 2.04. The number of aromatic nitrogens is 2. The number of nitrogens with zero attached hydrogens (tertiary/aromatic N) is 2. The number of halogens is 1. The van der Waals surface area contributed by atoms with Crippen LogP contribution >= 0.6 is 0 Å². The van der Waals surface area contributed by atoms with Crippen LogP contribution in [0.3, 0.4) is 0 Å². The average Bonchev–Trinajstić information content (AvgIpc) is 2.42. The number of carbonyl (C=O) groups excluding carboxylic acids is 1. The fourth-order valence-corrected chi connectivity index (χ4v) is 2.04. The van der Waals surface area contributed by atoms with Crippen LogP contribution in [0.2, 0.25) is 0 Å². The fraction of sp³-hybridized carbons (Fsp3) is 0.312. The van der Waals surface area contributed by atoms with Crippen molar-refractivity contribution in [2.45, 2.75) is 26.7 Å². The van der Waals surface area contributed by atoms with Crippen molar-refractivity contribution >= 4 is 17.5 Å². The predicted molar refractivity (Wildman–Crippen MR) is 84.3 cm³/mol. The molecule has 0 unspecified atom stereocenters. The van der Waals surface area contributed by atoms with E-state index in [0.29, 0.717) is 31.0 Å². The second-order valence-electron chi connectivity index (χ2n) is 5.06. The Kier molecular flexibility index (Phi) is 5.41. The molecule has 0 fully saturated rings. The van der Waals surface area contributed by atoms with Crippen molar-refractivity contribution in [3.8, 4) is 0 Å². The summed E-state index contributed by atoms with van der Waals surface area (Å²) >= 11 is 0. The molecule has 5 nitrogen and oxygen atoms in total. The number of nitrogens with one attached hydrogen (secondary N) is 2. The van der Waals surface area contributed by atoms with Crippen LogP contribution in [0.25, 0.3) is 0 Å². The molecule has 1 aromatic heterocycles. The van der Waals surface area contributed by atoms with Crippen molar-refractivity contribution in [2.75, 3.05) is 17.2 Å². The van der Waals surface area contributed by atoms with E-state index in [1.54, 1.807) is 12.1 Å². The summed E-state index contributed by atoms with van der Waals surface area (Å²) in [4.78, 5) is 20.3. The largest absolute Gasteiger partial charge is 0.354 e. The monoisotopic (exact) mass is 302 g/mol. The van der Waals surface area contributed by atoms with Crippen LogP contribution in [-0.4, -0.2) is 22.4 Å². The number of benzene rings is 1. The third-order valence-corrected chi connectivity index (χ3v) is 2.95. The summed E-state index contributed by atoms with van der Waals surface area (Å²) in [6.07, 6.45) is 0.978. The zero-order chi connectivity index (χ0) is 15.9. The molecular formula is C16H19FN4O. The van der Waals surface area contributed by atoms with Gasteiger partial charge < -0.3 is 10.6 Å². The predicted octanol–water partition coefficient (Wildman–Crippen LogP) is 3.06. The number of aryl methyl sites for hydroxylation is 2. The molecule has 0 spiro atoms. The standard InChI is InChI=1S/C16H19FN4O/c1-11-9-12(2)20-16(19-11)18-8-4-7-15(22)21-14-6-3-5-13(17)10-14/h3,5-6,9-10H,4,7-8H2,1-2H3,(H,21,22)(H,18,19,20). The second-order valence-corrected chi connectivity index (χ2v) is 5.06. The first kappa shape index (κ1) is 15.9. The number of hydrogen-bond donors (Lipinski definition) is 2. The van der Waals surface area contributed by atoms with Crippen LogP contribution < -0.4 is 10.6 Å². The molecular weight excluding hydrogens is 283 g/mol. The van der Waals surface area contributed by atoms with Gasteiger partial charge in [0.25, 0.3) is 0 Å². The van der Waals surface area contributed by atoms with Crippen molar-refractivity contribution in [1.82, 2.24) is 9.97 Å². The molecule has 0 saturated heterocycles. The van der Waals surface area contributed by atoms with Gasteiger partial charge in [0.2, 0.25) is 11.9 Å². The van der Waals surface area contributed by atoms with E-state index >= 15 is 0 Å². The lowest BCUT2D eigenvalue weighted by Gasteiger charge is -2.07. The molecule has 116 valence electrons. The Bertz CT molecular complexity index is 640. The Morgan fingerprint density at radius 2 is 1.91 bits per heavy atom. The molecule has 0 atom stereocenters. The van der Waals surface area contributed by atoms with Crippen molar-refractivity contribution < 1.29 is 9.18 Å². The minimum absolute atomic E-state index is 0.145. The first-order chi connectivity index (χ1) is 10.5. The van der Waals surface area contributed by atoms with Gasteiger partial charge in [-0.1, -0.05) is 6.07 Å². The summed E-state index contributed by atoms with van der Waals surface area (Å²) in [6, 6.07) is 7.74. The number of amides is 1. The molecule has 0 aliphatic heterocycles. The van der Waals surface area contributed by atoms with E-state index in [0.717, 1.165) is 11.4 Å². The zero-order valence-corrected chi connectivity index (χ0v) is 12.7. The molecule has 2 aromatic rings. The third kappa shape index (κ3) is 5.12. The minimum Gasteiger partial charge on any atom is -0.354 e. The van der Waals surface area contributed by atoms with E-state index in [1.807, 2.05) is 19.9 Å². The number of carbonyl (C=O) groups is 1. The summed E-state index contributed by atoms with van der Waals surface area (Å²) in [5.74, 6) is 0.0585. The molecule has 6 heteroatoms. The summed E-state index contributed by atoms with van der Waals surface area (Å²) in [5.41, 5.74) is 2.27. The van der Waals surface area contributed by atoms with E-state index in [9.17, 15) is 9.18 Å². The molecule has 0 aliphatic rings. The molecule has 22 heavy (non-hydrogen) atoms. The van der Waals surface area contributed by atoms with Crippen molar-refractivity contribution in [2.24, 2.45) is 0 Å². The second kappa shape index (κ2) is 7.49. The highest BCUT2D eigenvalue weighted by atomic mass is 19.1. The van der Waals surface area contributed by atoms with Gasteiger partial charge >= 0.3 is 0 Å². The van der Waals surface area contributed by atoms with E-state index in [2.05, 4.69) is 20.6 Å². The summed E-state index contributed by atoms with van der Waals surface area (Å²) in [6.45, 7) is 4.41. The first-order valence-electron chi connectivity index (χ1n) is 7.14. The Labute approximate surface area is 129 Å². The third-order valence-electron chi connectivity index (χ3n) is 2.95. The molecule has 0 radical (unpaired) electrons. The lowest BCUT2D eigenvalue weighted by atomic mass is 10.2. The van der Waals surface area contributed by atoms with E-state index < -0.39 is 0 Å². The topological polar surface area (TPSA) is 66.9 Å². The number of hydrogen-bond acceptors (Lipinski definition) is 4. The molecule has 1 aromatic carbocycles. The maximum Gasteiger partial charge on any atom is 0.224 e. The average molecular weight is 302 g/mol. The van der Waals surface area contributed by atoms with E-state index in [1.165, 1.54) is 12.1 Å². The lowest BCUT2D eigenvalue weighted by molar-refractivity contribution is -0.116. The van der Waals surface area contributed by atoms with Gasteiger partial charge in [0.05, 0.1) is 0 Å². The Balaban J connectivity index is 1.73. The van der Waals surface area contributed by atoms with Gasteiger partial charge in [-0.15, -0.1) is 0 Å². The van der Waals surface area contributed by atoms with Crippen molar-refractivity contribution in [3.05, 3.63) is 47.5 Å². The van der Waals surface area contributed by atoms with Crippen LogP contribution in [0.4, 0.5) is 16.0 Å². The SMILES string of the molecule is Cc1cc(C)nc(NCCCC(=O)Nc2cccc(F)c2)n1. The number of rotatable bonds is 6. The van der Waals surface area contributed by atoms with E-state index in [4.69, 9.17) is 0 Å². The summed E-state index contributed by atoms with van der Waals surface area (Å²) in [7, 11) is 0. The highest BCUT2D eigenvalue weighted by molar-refractivity contribution is 5.90.